The Bertz CT molecular complexity index is 703. The second kappa shape index (κ2) is 9.73. The molecule has 25 heavy (non-hydrogen) atoms. The second-order valence-electron chi connectivity index (χ2n) is 5.88. The summed E-state index contributed by atoms with van der Waals surface area (Å²) in [5.74, 6) is 0.906. The Labute approximate surface area is 159 Å². The maximum atomic E-state index is 12.4. The highest BCUT2D eigenvalue weighted by molar-refractivity contribution is 8.00. The third-order valence-corrected chi connectivity index (χ3v) is 5.39. The van der Waals surface area contributed by atoms with E-state index in [9.17, 15) is 4.79 Å². The number of hydrogen-bond donors (Lipinski definition) is 1. The SMILES string of the molecule is CC[C@@H](Sc1ccc(Cl)cc1)C(=O)NCCOc1cc(C)ccc1C. The predicted molar refractivity (Wildman–Crippen MR) is 106 cm³/mol. The zero-order valence-corrected chi connectivity index (χ0v) is 16.4. The van der Waals surface area contributed by atoms with Crippen LogP contribution in [0.4, 0.5) is 0 Å². The van der Waals surface area contributed by atoms with E-state index in [1.165, 1.54) is 0 Å². The van der Waals surface area contributed by atoms with Gasteiger partial charge in [-0.3, -0.25) is 4.79 Å². The summed E-state index contributed by atoms with van der Waals surface area (Å²) < 4.78 is 5.78. The van der Waals surface area contributed by atoms with Crippen molar-refractivity contribution in [2.75, 3.05) is 13.2 Å². The number of hydrogen-bond acceptors (Lipinski definition) is 3. The van der Waals surface area contributed by atoms with Gasteiger partial charge in [0.1, 0.15) is 12.4 Å². The number of carbonyl (C=O) groups excluding carboxylic acids is 1. The summed E-state index contributed by atoms with van der Waals surface area (Å²) in [5.41, 5.74) is 2.26. The smallest absolute Gasteiger partial charge is 0.233 e. The van der Waals surface area contributed by atoms with Crippen LogP contribution in [0.2, 0.25) is 5.02 Å². The van der Waals surface area contributed by atoms with Gasteiger partial charge >= 0.3 is 0 Å². The molecule has 0 heterocycles. The van der Waals surface area contributed by atoms with Crippen LogP contribution in [-0.4, -0.2) is 24.3 Å². The summed E-state index contributed by atoms with van der Waals surface area (Å²) in [6, 6.07) is 13.7. The summed E-state index contributed by atoms with van der Waals surface area (Å²) in [6.07, 6.45) is 0.761. The molecule has 0 radical (unpaired) electrons. The number of thioether (sulfide) groups is 1. The normalized spacial score (nSPS) is 11.8. The number of halogens is 1. The van der Waals surface area contributed by atoms with Crippen LogP contribution in [-0.2, 0) is 4.79 Å². The van der Waals surface area contributed by atoms with E-state index in [1.807, 2.05) is 57.2 Å². The molecule has 5 heteroatoms. The van der Waals surface area contributed by atoms with Gasteiger partial charge in [-0.25, -0.2) is 0 Å². The number of rotatable bonds is 8. The van der Waals surface area contributed by atoms with E-state index in [2.05, 4.69) is 11.4 Å². The number of benzene rings is 2. The molecular formula is C20H24ClNO2S. The largest absolute Gasteiger partial charge is 0.491 e. The molecule has 2 aromatic rings. The first kappa shape index (κ1) is 19.7. The highest BCUT2D eigenvalue weighted by Gasteiger charge is 2.17. The lowest BCUT2D eigenvalue weighted by Gasteiger charge is -2.15. The Balaban J connectivity index is 1.79. The minimum Gasteiger partial charge on any atom is -0.491 e. The van der Waals surface area contributed by atoms with Crippen LogP contribution in [0.3, 0.4) is 0 Å². The lowest BCUT2D eigenvalue weighted by Crippen LogP contribution is -2.35. The number of nitrogens with one attached hydrogen (secondary N) is 1. The third kappa shape index (κ3) is 6.29. The molecule has 1 amide bonds. The summed E-state index contributed by atoms with van der Waals surface area (Å²) in [6.45, 7) is 7.01. The van der Waals surface area contributed by atoms with Gasteiger partial charge in [-0.05, 0) is 61.7 Å². The molecule has 2 rings (SSSR count). The predicted octanol–water partition coefficient (Wildman–Crippen LogP) is 5.02. The molecule has 3 nitrogen and oxygen atoms in total. The average molecular weight is 378 g/mol. The van der Waals surface area contributed by atoms with E-state index in [0.29, 0.717) is 18.2 Å². The fourth-order valence-corrected chi connectivity index (χ4v) is 3.42. The summed E-state index contributed by atoms with van der Waals surface area (Å²) >= 11 is 7.45. The molecule has 1 N–H and O–H groups in total. The zero-order valence-electron chi connectivity index (χ0n) is 14.8. The fraction of sp³-hybridized carbons (Fsp3) is 0.350. The van der Waals surface area contributed by atoms with Gasteiger partial charge in [-0.2, -0.15) is 0 Å². The highest BCUT2D eigenvalue weighted by atomic mass is 35.5. The molecule has 0 aliphatic rings. The van der Waals surface area contributed by atoms with Crippen molar-refractivity contribution in [1.82, 2.24) is 5.32 Å². The van der Waals surface area contributed by atoms with Crippen LogP contribution < -0.4 is 10.1 Å². The average Bonchev–Trinajstić information content (AvgIpc) is 2.60. The number of carbonyl (C=O) groups is 1. The van der Waals surface area contributed by atoms with Crippen molar-refractivity contribution >= 4 is 29.3 Å². The van der Waals surface area contributed by atoms with E-state index < -0.39 is 0 Å². The minimum absolute atomic E-state index is 0.0343. The van der Waals surface area contributed by atoms with Gasteiger partial charge in [0.15, 0.2) is 0 Å². The van der Waals surface area contributed by atoms with Crippen molar-refractivity contribution < 1.29 is 9.53 Å². The minimum atomic E-state index is -0.123. The summed E-state index contributed by atoms with van der Waals surface area (Å²) in [5, 5.41) is 3.54. The standard InChI is InChI=1S/C20H24ClNO2S/c1-4-19(25-17-9-7-16(21)8-10-17)20(23)22-11-12-24-18-13-14(2)5-6-15(18)3/h5-10,13,19H,4,11-12H2,1-3H3,(H,22,23)/t19-/m1/s1. The van der Waals surface area contributed by atoms with Crippen molar-refractivity contribution in [3.63, 3.8) is 0 Å². The Morgan fingerprint density at radius 1 is 1.20 bits per heavy atom. The second-order valence-corrected chi connectivity index (χ2v) is 7.59. The molecule has 0 unspecified atom stereocenters. The monoisotopic (exact) mass is 377 g/mol. The van der Waals surface area contributed by atoms with E-state index in [-0.39, 0.29) is 11.2 Å². The molecule has 2 aromatic carbocycles. The lowest BCUT2D eigenvalue weighted by atomic mass is 10.1. The molecule has 1 atom stereocenters. The Kier molecular flexibility index (Phi) is 7.66. The van der Waals surface area contributed by atoms with Gasteiger partial charge < -0.3 is 10.1 Å². The summed E-state index contributed by atoms with van der Waals surface area (Å²) in [4.78, 5) is 13.4. The lowest BCUT2D eigenvalue weighted by molar-refractivity contribution is -0.120. The molecule has 0 saturated carbocycles. The fourth-order valence-electron chi connectivity index (χ4n) is 2.31. The van der Waals surface area contributed by atoms with Crippen LogP contribution in [0, 0.1) is 13.8 Å². The molecule has 0 fully saturated rings. The number of amides is 1. The first-order chi connectivity index (χ1) is 12.0. The van der Waals surface area contributed by atoms with E-state index >= 15 is 0 Å². The van der Waals surface area contributed by atoms with E-state index in [4.69, 9.17) is 16.3 Å². The number of ether oxygens (including phenoxy) is 1. The molecule has 0 aromatic heterocycles. The van der Waals surface area contributed by atoms with Crippen LogP contribution >= 0.6 is 23.4 Å². The molecule has 0 spiro atoms. The van der Waals surface area contributed by atoms with Gasteiger partial charge in [-0.15, -0.1) is 11.8 Å². The van der Waals surface area contributed by atoms with Crippen molar-refractivity contribution in [2.45, 2.75) is 37.3 Å². The Morgan fingerprint density at radius 3 is 2.60 bits per heavy atom. The van der Waals surface area contributed by atoms with Crippen LogP contribution in [0.15, 0.2) is 47.4 Å². The van der Waals surface area contributed by atoms with Crippen molar-refractivity contribution in [3.8, 4) is 5.75 Å². The van der Waals surface area contributed by atoms with Crippen LogP contribution in [0.1, 0.15) is 24.5 Å². The first-order valence-corrected chi connectivity index (χ1v) is 9.65. The zero-order chi connectivity index (χ0) is 18.2. The molecule has 0 aliphatic carbocycles. The molecule has 0 aliphatic heterocycles. The molecule has 134 valence electrons. The summed E-state index contributed by atoms with van der Waals surface area (Å²) in [7, 11) is 0. The van der Waals surface area contributed by atoms with E-state index in [0.717, 1.165) is 28.2 Å². The maximum Gasteiger partial charge on any atom is 0.233 e. The third-order valence-electron chi connectivity index (χ3n) is 3.76. The Hall–Kier alpha value is -1.65. The quantitative estimate of drug-likeness (QED) is 0.518. The highest BCUT2D eigenvalue weighted by Crippen LogP contribution is 2.26. The first-order valence-electron chi connectivity index (χ1n) is 8.39. The van der Waals surface area contributed by atoms with E-state index in [1.54, 1.807) is 11.8 Å². The molecule has 0 saturated heterocycles. The van der Waals surface area contributed by atoms with Gasteiger partial charge in [0.05, 0.1) is 11.8 Å². The number of aryl methyl sites for hydroxylation is 2. The van der Waals surface area contributed by atoms with Crippen LogP contribution in [0.5, 0.6) is 5.75 Å². The van der Waals surface area contributed by atoms with Gasteiger partial charge in [0.2, 0.25) is 5.91 Å². The maximum absolute atomic E-state index is 12.4. The van der Waals surface area contributed by atoms with Crippen molar-refractivity contribution in [2.24, 2.45) is 0 Å². The van der Waals surface area contributed by atoms with Crippen LogP contribution in [0.25, 0.3) is 0 Å². The van der Waals surface area contributed by atoms with Crippen molar-refractivity contribution in [1.29, 1.82) is 0 Å². The topological polar surface area (TPSA) is 38.3 Å². The van der Waals surface area contributed by atoms with Gasteiger partial charge in [-0.1, -0.05) is 30.7 Å². The van der Waals surface area contributed by atoms with Gasteiger partial charge in [0.25, 0.3) is 0 Å². The van der Waals surface area contributed by atoms with Crippen molar-refractivity contribution in [3.05, 3.63) is 58.6 Å². The van der Waals surface area contributed by atoms with Gasteiger partial charge in [0, 0.05) is 9.92 Å². The molecule has 0 bridgehead atoms. The Morgan fingerprint density at radius 2 is 1.92 bits per heavy atom. The molecular weight excluding hydrogens is 354 g/mol.